The molecule has 2 aliphatic rings. The van der Waals surface area contributed by atoms with E-state index in [9.17, 15) is 16.8 Å². The van der Waals surface area contributed by atoms with Crippen molar-refractivity contribution in [2.24, 2.45) is 5.14 Å². The SMILES string of the molecule is Cc1cnc(Nc2cccc(S(N)(=O)=O)c2)nc1Nc1ccc2c(c1)CCC(S(=O)(=O)C1CC1)C2. The predicted molar refractivity (Wildman–Crippen MR) is 135 cm³/mol. The molecule has 1 heterocycles. The van der Waals surface area contributed by atoms with E-state index in [0.717, 1.165) is 41.6 Å². The first kappa shape index (κ1) is 23.7. The number of hydrogen-bond donors (Lipinski definition) is 3. The normalized spacial score (nSPS) is 18.1. The van der Waals surface area contributed by atoms with E-state index in [1.807, 2.05) is 19.1 Å². The molecule has 1 fully saturated rings. The quantitative estimate of drug-likeness (QED) is 0.436. The van der Waals surface area contributed by atoms with Crippen LogP contribution in [0.5, 0.6) is 0 Å². The lowest BCUT2D eigenvalue weighted by Crippen LogP contribution is -2.31. The van der Waals surface area contributed by atoms with Crippen LogP contribution in [-0.2, 0) is 32.7 Å². The molecule has 0 spiro atoms. The maximum atomic E-state index is 12.7. The first-order valence-corrected chi connectivity index (χ1v) is 14.6. The van der Waals surface area contributed by atoms with Crippen molar-refractivity contribution in [2.75, 3.05) is 10.6 Å². The summed E-state index contributed by atoms with van der Waals surface area (Å²) in [6.07, 6.45) is 5.26. The standard InChI is InChI=1S/C24H27N5O4S2/c1-15-14-26-24(28-18-3-2-4-22(13-18)35(25,32)33)29-23(15)27-19-7-5-17-12-21(8-6-16(17)11-19)34(30,31)20-9-10-20/h2-5,7,11,13-14,20-21H,6,8-10,12H2,1H3,(H2,25,32,33)(H2,26,27,28,29). The number of hydrogen-bond acceptors (Lipinski definition) is 8. The van der Waals surface area contributed by atoms with E-state index in [4.69, 9.17) is 5.14 Å². The lowest BCUT2D eigenvalue weighted by atomic mass is 9.91. The van der Waals surface area contributed by atoms with Gasteiger partial charge in [-0.3, -0.25) is 0 Å². The van der Waals surface area contributed by atoms with Gasteiger partial charge in [-0.15, -0.1) is 0 Å². The fraction of sp³-hybridized carbons (Fsp3) is 0.333. The summed E-state index contributed by atoms with van der Waals surface area (Å²) in [6, 6.07) is 12.1. The predicted octanol–water partition coefficient (Wildman–Crippen LogP) is 3.35. The van der Waals surface area contributed by atoms with Crippen LogP contribution < -0.4 is 15.8 Å². The lowest BCUT2D eigenvalue weighted by molar-refractivity contribution is 0.560. The third kappa shape index (κ3) is 5.16. The molecule has 0 bridgehead atoms. The molecule has 1 aromatic heterocycles. The van der Waals surface area contributed by atoms with Crippen molar-refractivity contribution in [3.05, 3.63) is 65.4 Å². The maximum absolute atomic E-state index is 12.7. The Balaban J connectivity index is 1.33. The van der Waals surface area contributed by atoms with Crippen molar-refractivity contribution >= 4 is 43.0 Å². The van der Waals surface area contributed by atoms with Gasteiger partial charge in [-0.25, -0.2) is 27.0 Å². The topological polar surface area (TPSA) is 144 Å². The third-order valence-corrected chi connectivity index (χ3v) is 10.1. The van der Waals surface area contributed by atoms with Crippen LogP contribution in [0.3, 0.4) is 0 Å². The highest BCUT2D eigenvalue weighted by Gasteiger charge is 2.42. The Kier molecular flexibility index (Phi) is 6.02. The number of aryl methyl sites for hydroxylation is 2. The Labute approximate surface area is 205 Å². The molecule has 1 saturated carbocycles. The average Bonchev–Trinajstić information content (AvgIpc) is 3.67. The zero-order valence-corrected chi connectivity index (χ0v) is 20.9. The molecule has 0 radical (unpaired) electrons. The molecule has 2 aromatic carbocycles. The first-order valence-electron chi connectivity index (χ1n) is 11.4. The number of fused-ring (bicyclic) bond motifs is 1. The number of aromatic nitrogens is 2. The summed E-state index contributed by atoms with van der Waals surface area (Å²) in [4.78, 5) is 8.83. The van der Waals surface area contributed by atoms with E-state index in [1.165, 1.54) is 12.1 Å². The van der Waals surface area contributed by atoms with E-state index >= 15 is 0 Å². The second-order valence-electron chi connectivity index (χ2n) is 9.18. The van der Waals surface area contributed by atoms with Gasteiger partial charge >= 0.3 is 0 Å². The zero-order chi connectivity index (χ0) is 24.8. The maximum Gasteiger partial charge on any atom is 0.238 e. The van der Waals surface area contributed by atoms with Crippen LogP contribution in [-0.4, -0.2) is 37.3 Å². The highest BCUT2D eigenvalue weighted by atomic mass is 32.2. The van der Waals surface area contributed by atoms with Gasteiger partial charge in [0.2, 0.25) is 16.0 Å². The molecule has 5 rings (SSSR count). The summed E-state index contributed by atoms with van der Waals surface area (Å²) in [7, 11) is -6.84. The number of nitrogens with zero attached hydrogens (tertiary/aromatic N) is 2. The molecule has 0 amide bonds. The molecule has 1 unspecified atom stereocenters. The third-order valence-electron chi connectivity index (χ3n) is 6.50. The Hall–Kier alpha value is -3.02. The molecule has 9 nitrogen and oxygen atoms in total. The molecule has 4 N–H and O–H groups in total. The van der Waals surface area contributed by atoms with E-state index in [0.29, 0.717) is 30.3 Å². The van der Waals surface area contributed by atoms with Crippen molar-refractivity contribution < 1.29 is 16.8 Å². The Morgan fingerprint density at radius 2 is 1.69 bits per heavy atom. The molecule has 35 heavy (non-hydrogen) atoms. The van der Waals surface area contributed by atoms with Gasteiger partial charge in [0.1, 0.15) is 5.82 Å². The molecule has 0 saturated heterocycles. The minimum atomic E-state index is -3.82. The highest BCUT2D eigenvalue weighted by Crippen LogP contribution is 2.37. The molecular weight excluding hydrogens is 486 g/mol. The average molecular weight is 514 g/mol. The fourth-order valence-electron chi connectivity index (χ4n) is 4.39. The van der Waals surface area contributed by atoms with Gasteiger partial charge in [0.15, 0.2) is 9.84 Å². The number of nitrogens with two attached hydrogens (primary N) is 1. The van der Waals surface area contributed by atoms with Gasteiger partial charge in [-0.1, -0.05) is 12.1 Å². The smallest absolute Gasteiger partial charge is 0.238 e. The number of benzene rings is 2. The Morgan fingerprint density at radius 1 is 0.914 bits per heavy atom. The number of sulfone groups is 1. The lowest BCUT2D eigenvalue weighted by Gasteiger charge is -2.25. The van der Waals surface area contributed by atoms with E-state index in [2.05, 4.69) is 26.7 Å². The summed E-state index contributed by atoms with van der Waals surface area (Å²) < 4.78 is 48.6. The summed E-state index contributed by atoms with van der Waals surface area (Å²) >= 11 is 0. The molecule has 1 atom stereocenters. The number of primary sulfonamides is 1. The zero-order valence-electron chi connectivity index (χ0n) is 19.2. The first-order chi connectivity index (χ1) is 16.6. The highest BCUT2D eigenvalue weighted by molar-refractivity contribution is 7.92. The van der Waals surface area contributed by atoms with Crippen LogP contribution in [0, 0.1) is 6.92 Å². The van der Waals surface area contributed by atoms with Gasteiger partial charge in [0, 0.05) is 23.1 Å². The number of rotatable bonds is 7. The second-order valence-corrected chi connectivity index (χ2v) is 13.3. The van der Waals surface area contributed by atoms with Crippen LogP contribution in [0.1, 0.15) is 36.0 Å². The van der Waals surface area contributed by atoms with E-state index < -0.39 is 19.9 Å². The Bertz CT molecular complexity index is 1500. The van der Waals surface area contributed by atoms with Gasteiger partial charge in [0.25, 0.3) is 0 Å². The van der Waals surface area contributed by atoms with Crippen LogP contribution in [0.2, 0.25) is 0 Å². The van der Waals surface area contributed by atoms with E-state index in [-0.39, 0.29) is 15.4 Å². The molecule has 0 aliphatic heterocycles. The van der Waals surface area contributed by atoms with Crippen LogP contribution >= 0.6 is 0 Å². The molecular formula is C24H27N5O4S2. The molecule has 184 valence electrons. The molecule has 3 aromatic rings. The van der Waals surface area contributed by atoms with E-state index in [1.54, 1.807) is 18.3 Å². The summed E-state index contributed by atoms with van der Waals surface area (Å²) in [6.45, 7) is 1.89. The summed E-state index contributed by atoms with van der Waals surface area (Å²) in [5.41, 5.74) is 4.43. The minimum absolute atomic E-state index is 0.00538. The fourth-order valence-corrected chi connectivity index (χ4v) is 7.15. The van der Waals surface area contributed by atoms with Crippen molar-refractivity contribution in [2.45, 2.75) is 54.4 Å². The summed E-state index contributed by atoms with van der Waals surface area (Å²) in [5.74, 6) is 0.908. The van der Waals surface area contributed by atoms with Gasteiger partial charge < -0.3 is 10.6 Å². The Morgan fingerprint density at radius 3 is 2.43 bits per heavy atom. The van der Waals surface area contributed by atoms with Crippen molar-refractivity contribution in [3.8, 4) is 0 Å². The molecule has 2 aliphatic carbocycles. The van der Waals surface area contributed by atoms with Crippen molar-refractivity contribution in [1.29, 1.82) is 0 Å². The van der Waals surface area contributed by atoms with Gasteiger partial charge in [-0.2, -0.15) is 4.98 Å². The minimum Gasteiger partial charge on any atom is -0.340 e. The second kappa shape index (κ2) is 8.89. The molecule has 11 heteroatoms. The van der Waals surface area contributed by atoms with Crippen LogP contribution in [0.25, 0.3) is 0 Å². The number of nitrogens with one attached hydrogen (secondary N) is 2. The van der Waals surface area contributed by atoms with Crippen LogP contribution in [0.15, 0.2) is 53.6 Å². The van der Waals surface area contributed by atoms with Crippen LogP contribution in [0.4, 0.5) is 23.1 Å². The van der Waals surface area contributed by atoms with Gasteiger partial charge in [-0.05, 0) is 80.5 Å². The largest absolute Gasteiger partial charge is 0.340 e. The number of anilines is 4. The van der Waals surface area contributed by atoms with Crippen molar-refractivity contribution in [3.63, 3.8) is 0 Å². The van der Waals surface area contributed by atoms with Crippen molar-refractivity contribution in [1.82, 2.24) is 9.97 Å². The van der Waals surface area contributed by atoms with Gasteiger partial charge in [0.05, 0.1) is 15.4 Å². The number of sulfonamides is 1. The monoisotopic (exact) mass is 513 g/mol. The summed E-state index contributed by atoms with van der Waals surface area (Å²) in [5, 5.41) is 11.2.